The Morgan fingerprint density at radius 2 is 1.22 bits per heavy atom. The normalized spacial score (nSPS) is 11.9. The van der Waals surface area contributed by atoms with Crippen LogP contribution in [0.1, 0.15) is 39.5 Å². The van der Waals surface area contributed by atoms with E-state index >= 15 is 0 Å². The van der Waals surface area contributed by atoms with Crippen LogP contribution in [-0.4, -0.2) is 6.88 Å². The summed E-state index contributed by atoms with van der Waals surface area (Å²) in [5, 5.41) is 0. The summed E-state index contributed by atoms with van der Waals surface area (Å²) in [4.78, 5) is 0. The Bertz CT molecular complexity index is 183. The number of allylic oxidation sites excluding steroid dienone is 8. The quantitative estimate of drug-likeness (QED) is 0.445. The second-order valence-electron chi connectivity index (χ2n) is 3.01. The molecule has 0 aromatic heterocycles. The first-order chi connectivity index (χ1) is 8.83. The van der Waals surface area contributed by atoms with Crippen molar-refractivity contribution in [1.82, 2.24) is 0 Å². The summed E-state index contributed by atoms with van der Waals surface area (Å²) in [5.41, 5.74) is 0. The fraction of sp³-hybridized carbons (Fsp3) is 0.375. The fourth-order valence-corrected chi connectivity index (χ4v) is 0.680. The molecule has 2 radical (unpaired) electrons. The standard InChI is InChI=1S/2C5H5.2C3H7.Si.Zr/c2*1-2-4-5-3-1;2*1-3-2;;/h2*1-3H,4H2;2*1,3H2,2H3;;/q4*-1;;. The average Bonchev–Trinajstić information content (AvgIpc) is 3.12. The van der Waals surface area contributed by atoms with Crippen LogP contribution in [0.4, 0.5) is 0 Å². The van der Waals surface area contributed by atoms with Gasteiger partial charge in [-0.2, -0.15) is 25.0 Å². The fourth-order valence-electron chi connectivity index (χ4n) is 0.680. The SMILES string of the molecule is [C-]1=CC=CC1.[C-]1=CC=CC1.[CH2-]CC.[CH2-]CC.[Si]=[Zr]. The van der Waals surface area contributed by atoms with E-state index in [9.17, 15) is 0 Å². The van der Waals surface area contributed by atoms with E-state index in [4.69, 9.17) is 0 Å². The summed E-state index contributed by atoms with van der Waals surface area (Å²) < 4.78 is 0. The van der Waals surface area contributed by atoms with Crippen molar-refractivity contribution in [2.24, 2.45) is 0 Å². The summed E-state index contributed by atoms with van der Waals surface area (Å²) in [5.74, 6) is 0. The van der Waals surface area contributed by atoms with Crippen molar-refractivity contribution in [3.05, 3.63) is 62.5 Å². The van der Waals surface area contributed by atoms with Gasteiger partial charge >= 0.3 is 30.2 Å². The zero-order valence-electron chi connectivity index (χ0n) is 11.7. The maximum atomic E-state index is 3.49. The van der Waals surface area contributed by atoms with E-state index in [0.717, 1.165) is 25.7 Å². The second-order valence-corrected chi connectivity index (χ2v) is 3.01. The molecule has 0 spiro atoms. The van der Waals surface area contributed by atoms with Crippen LogP contribution in [0.5, 0.6) is 0 Å². The molecular formula is C16H24SiZr-4. The number of hydrogen-bond donors (Lipinski definition) is 0. The zero-order valence-corrected chi connectivity index (χ0v) is 15.2. The van der Waals surface area contributed by atoms with Gasteiger partial charge in [-0.3, -0.25) is 12.2 Å². The Kier molecular flexibility index (Phi) is 39.0. The van der Waals surface area contributed by atoms with Crippen molar-refractivity contribution >= 4 is 6.88 Å². The third-order valence-corrected chi connectivity index (χ3v) is 1.17. The molecule has 0 bridgehead atoms. The van der Waals surface area contributed by atoms with Gasteiger partial charge < -0.3 is 13.8 Å². The predicted molar refractivity (Wildman–Crippen MR) is 80.2 cm³/mol. The molecule has 2 aliphatic rings. The molecule has 0 aromatic carbocycles. The minimum atomic E-state index is 1.00. The Labute approximate surface area is 132 Å². The Morgan fingerprint density at radius 1 is 0.944 bits per heavy atom. The van der Waals surface area contributed by atoms with Gasteiger partial charge in [0.2, 0.25) is 0 Å². The topological polar surface area (TPSA) is 0 Å². The van der Waals surface area contributed by atoms with Crippen molar-refractivity contribution in [3.8, 4) is 0 Å². The van der Waals surface area contributed by atoms with Gasteiger partial charge in [0, 0.05) is 0 Å². The monoisotopic (exact) mass is 334 g/mol. The van der Waals surface area contributed by atoms with E-state index < -0.39 is 0 Å². The molecule has 100 valence electrons. The molecule has 0 fully saturated rings. The molecule has 0 saturated heterocycles. The van der Waals surface area contributed by atoms with Gasteiger partial charge in [-0.15, -0.1) is 12.8 Å². The van der Waals surface area contributed by atoms with Crippen molar-refractivity contribution < 1.29 is 23.3 Å². The molecule has 0 amide bonds. The second kappa shape index (κ2) is 30.3. The van der Waals surface area contributed by atoms with Crippen LogP contribution in [0.3, 0.4) is 0 Å². The van der Waals surface area contributed by atoms with Gasteiger partial charge in [0.25, 0.3) is 0 Å². The average molecular weight is 336 g/mol. The Morgan fingerprint density at radius 3 is 1.28 bits per heavy atom. The van der Waals surface area contributed by atoms with Gasteiger partial charge in [0.1, 0.15) is 0 Å². The molecule has 0 nitrogen and oxygen atoms in total. The van der Waals surface area contributed by atoms with E-state index in [1.807, 2.05) is 38.2 Å². The molecule has 0 atom stereocenters. The van der Waals surface area contributed by atoms with Crippen LogP contribution >= 0.6 is 0 Å². The summed E-state index contributed by atoms with van der Waals surface area (Å²) in [6, 6.07) is 0. The first-order valence-electron chi connectivity index (χ1n) is 6.10. The first kappa shape index (κ1) is 23.2. The van der Waals surface area contributed by atoms with Crippen LogP contribution in [-0.2, 0) is 23.3 Å². The van der Waals surface area contributed by atoms with E-state index in [-0.39, 0.29) is 0 Å². The van der Waals surface area contributed by atoms with Crippen molar-refractivity contribution in [1.29, 1.82) is 0 Å². The summed E-state index contributed by atoms with van der Waals surface area (Å²) in [6.45, 7) is 14.1. The molecular weight excluding hydrogens is 311 g/mol. The van der Waals surface area contributed by atoms with Crippen molar-refractivity contribution in [2.45, 2.75) is 39.5 Å². The molecule has 2 aliphatic carbocycles. The van der Waals surface area contributed by atoms with Crippen molar-refractivity contribution in [2.75, 3.05) is 0 Å². The van der Waals surface area contributed by atoms with Gasteiger partial charge in [0.05, 0.1) is 0 Å². The summed E-state index contributed by atoms with van der Waals surface area (Å²) in [7, 11) is 0. The van der Waals surface area contributed by atoms with Crippen LogP contribution in [0.15, 0.2) is 36.5 Å². The van der Waals surface area contributed by atoms with Crippen LogP contribution in [0.25, 0.3) is 0 Å². The molecule has 0 unspecified atom stereocenters. The molecule has 0 heterocycles. The first-order valence-corrected chi connectivity index (χ1v) is 10.3. The molecule has 0 N–H and O–H groups in total. The molecule has 0 saturated carbocycles. The molecule has 0 aliphatic heterocycles. The molecule has 2 rings (SSSR count). The van der Waals surface area contributed by atoms with Gasteiger partial charge in [-0.1, -0.05) is 13.8 Å². The van der Waals surface area contributed by atoms with Crippen LogP contribution in [0.2, 0.25) is 0 Å². The maximum absolute atomic E-state index is 3.49. The Balaban J connectivity index is -0.000000165. The molecule has 0 aromatic rings. The van der Waals surface area contributed by atoms with Gasteiger partial charge in [-0.05, 0) is 0 Å². The predicted octanol–water partition coefficient (Wildman–Crippen LogP) is 4.69. The number of hydrogen-bond acceptors (Lipinski definition) is 0. The Hall–Kier alpha value is 0.0600. The minimum absolute atomic E-state index is 1.00. The summed E-state index contributed by atoms with van der Waals surface area (Å²) >= 11 is 1.36. The third kappa shape index (κ3) is 36.0. The van der Waals surface area contributed by atoms with Crippen molar-refractivity contribution in [3.63, 3.8) is 0 Å². The number of rotatable bonds is 0. The van der Waals surface area contributed by atoms with E-state index in [1.165, 1.54) is 23.3 Å². The van der Waals surface area contributed by atoms with Crippen LogP contribution in [0, 0.1) is 26.0 Å². The van der Waals surface area contributed by atoms with Crippen LogP contribution < -0.4 is 0 Å². The van der Waals surface area contributed by atoms with Gasteiger partial charge in [0.15, 0.2) is 0 Å². The molecule has 2 heteroatoms. The molecule has 18 heavy (non-hydrogen) atoms. The van der Waals surface area contributed by atoms with E-state index in [2.05, 4.69) is 45.0 Å². The zero-order chi connectivity index (χ0) is 14.5. The van der Waals surface area contributed by atoms with E-state index in [1.54, 1.807) is 0 Å². The summed E-state index contributed by atoms with van der Waals surface area (Å²) in [6.07, 6.45) is 22.0. The van der Waals surface area contributed by atoms with E-state index in [0.29, 0.717) is 0 Å². The third-order valence-electron chi connectivity index (χ3n) is 1.17. The van der Waals surface area contributed by atoms with Gasteiger partial charge in [-0.25, -0.2) is 24.3 Å².